The van der Waals surface area contributed by atoms with Crippen LogP contribution in [0.25, 0.3) is 0 Å². The van der Waals surface area contributed by atoms with Gasteiger partial charge in [0.2, 0.25) is 0 Å². The Bertz CT molecular complexity index is 598. The van der Waals surface area contributed by atoms with E-state index in [0.717, 1.165) is 30.4 Å². The average molecular weight is 307 g/mol. The van der Waals surface area contributed by atoms with Crippen molar-refractivity contribution in [3.63, 3.8) is 0 Å². The molecule has 0 amide bonds. The van der Waals surface area contributed by atoms with Crippen LogP contribution in [0.1, 0.15) is 17.2 Å². The van der Waals surface area contributed by atoms with Gasteiger partial charge in [0.1, 0.15) is 0 Å². The molecule has 1 aromatic heterocycles. The Kier molecular flexibility index (Phi) is 4.24. The van der Waals surface area contributed by atoms with Crippen LogP contribution < -0.4 is 0 Å². The summed E-state index contributed by atoms with van der Waals surface area (Å²) in [5, 5.41) is 18.8. The number of aromatic nitrogens is 3. The lowest BCUT2D eigenvalue weighted by atomic mass is 9.90. The molecule has 2 aromatic rings. The van der Waals surface area contributed by atoms with E-state index >= 15 is 0 Å². The van der Waals surface area contributed by atoms with Gasteiger partial charge in [-0.25, -0.2) is 0 Å². The Balaban J connectivity index is 1.72. The van der Waals surface area contributed by atoms with Crippen molar-refractivity contribution in [3.8, 4) is 0 Å². The van der Waals surface area contributed by atoms with Gasteiger partial charge >= 0.3 is 0 Å². The number of hydrogen-bond donors (Lipinski definition) is 1. The van der Waals surface area contributed by atoms with Crippen LogP contribution in [0.5, 0.6) is 0 Å². The van der Waals surface area contributed by atoms with Crippen molar-refractivity contribution in [1.82, 2.24) is 19.9 Å². The number of likely N-dealkylation sites (tertiary alicyclic amines) is 1. The maximum absolute atomic E-state index is 9.66. The first-order valence-corrected chi connectivity index (χ1v) is 7.47. The molecule has 1 fully saturated rings. The first-order valence-electron chi connectivity index (χ1n) is 7.09. The van der Waals surface area contributed by atoms with Crippen molar-refractivity contribution >= 4 is 11.6 Å². The van der Waals surface area contributed by atoms with Gasteiger partial charge in [-0.2, -0.15) is 15.0 Å². The predicted molar refractivity (Wildman–Crippen MR) is 81.0 cm³/mol. The second kappa shape index (κ2) is 6.13. The normalized spacial score (nSPS) is 22.8. The standard InChI is InChI=1S/C15H19ClN4O/c1-19-17-6-14(18-19)8-20-7-12(10-21)15(9-20)11-2-4-13(16)5-3-11/h2-6,12,15,21H,7-10H2,1H3/t12-,15-/m0/s1. The third-order valence-corrected chi connectivity index (χ3v) is 4.33. The van der Waals surface area contributed by atoms with Gasteiger partial charge in [-0.3, -0.25) is 4.90 Å². The lowest BCUT2D eigenvalue weighted by Gasteiger charge is -2.16. The zero-order chi connectivity index (χ0) is 14.8. The van der Waals surface area contributed by atoms with Crippen LogP contribution in [0.4, 0.5) is 0 Å². The number of rotatable bonds is 4. The SMILES string of the molecule is Cn1ncc(CN2C[C@@H](CO)[C@H](c3ccc(Cl)cc3)C2)n1. The molecular formula is C15H19ClN4O. The highest BCUT2D eigenvalue weighted by atomic mass is 35.5. The minimum atomic E-state index is 0.199. The number of aliphatic hydroxyl groups excluding tert-OH is 1. The molecule has 6 heteroatoms. The molecule has 0 saturated carbocycles. The zero-order valence-electron chi connectivity index (χ0n) is 12.0. The van der Waals surface area contributed by atoms with Crippen LogP contribution in [0.15, 0.2) is 30.5 Å². The molecule has 5 nitrogen and oxygen atoms in total. The third-order valence-electron chi connectivity index (χ3n) is 4.08. The number of halogens is 1. The van der Waals surface area contributed by atoms with Crippen LogP contribution >= 0.6 is 11.6 Å². The van der Waals surface area contributed by atoms with Crippen LogP contribution in [-0.2, 0) is 13.6 Å². The van der Waals surface area contributed by atoms with Crippen molar-refractivity contribution in [1.29, 1.82) is 0 Å². The van der Waals surface area contributed by atoms with Gasteiger partial charge in [-0.1, -0.05) is 23.7 Å². The Morgan fingerprint density at radius 2 is 2.05 bits per heavy atom. The number of aliphatic hydroxyl groups is 1. The summed E-state index contributed by atoms with van der Waals surface area (Å²) in [5.41, 5.74) is 2.20. The molecule has 1 aliphatic rings. The molecule has 112 valence electrons. The molecule has 2 heterocycles. The summed E-state index contributed by atoms with van der Waals surface area (Å²) >= 11 is 5.95. The predicted octanol–water partition coefficient (Wildman–Crippen LogP) is 1.68. The number of hydrogen-bond acceptors (Lipinski definition) is 4. The fourth-order valence-electron chi connectivity index (χ4n) is 3.05. The van der Waals surface area contributed by atoms with Crippen LogP contribution in [0.2, 0.25) is 5.02 Å². The molecule has 0 radical (unpaired) electrons. The Labute approximate surface area is 129 Å². The molecule has 1 N–H and O–H groups in total. The van der Waals surface area contributed by atoms with E-state index in [0.29, 0.717) is 5.92 Å². The van der Waals surface area contributed by atoms with Gasteiger partial charge in [-0.05, 0) is 17.7 Å². The second-order valence-electron chi connectivity index (χ2n) is 5.62. The van der Waals surface area contributed by atoms with Crippen molar-refractivity contribution in [2.75, 3.05) is 19.7 Å². The molecule has 0 aliphatic carbocycles. The molecule has 0 unspecified atom stereocenters. The minimum Gasteiger partial charge on any atom is -0.396 e. The fourth-order valence-corrected chi connectivity index (χ4v) is 3.18. The number of aryl methyl sites for hydroxylation is 1. The lowest BCUT2D eigenvalue weighted by molar-refractivity contribution is 0.213. The van der Waals surface area contributed by atoms with Crippen molar-refractivity contribution < 1.29 is 5.11 Å². The Morgan fingerprint density at radius 1 is 1.29 bits per heavy atom. The summed E-state index contributed by atoms with van der Waals surface area (Å²) in [6, 6.07) is 7.94. The van der Waals surface area contributed by atoms with Crippen molar-refractivity contribution in [2.24, 2.45) is 13.0 Å². The number of benzene rings is 1. The lowest BCUT2D eigenvalue weighted by Crippen LogP contribution is -2.21. The molecule has 3 rings (SSSR count). The summed E-state index contributed by atoms with van der Waals surface area (Å²) in [7, 11) is 1.82. The number of nitrogens with zero attached hydrogens (tertiary/aromatic N) is 4. The summed E-state index contributed by atoms with van der Waals surface area (Å²) in [4.78, 5) is 3.90. The fraction of sp³-hybridized carbons (Fsp3) is 0.467. The van der Waals surface area contributed by atoms with Gasteiger partial charge in [0, 0.05) is 50.1 Å². The topological polar surface area (TPSA) is 54.2 Å². The molecule has 1 saturated heterocycles. The van der Waals surface area contributed by atoms with Crippen LogP contribution in [0, 0.1) is 5.92 Å². The van der Waals surface area contributed by atoms with E-state index in [1.54, 1.807) is 11.0 Å². The average Bonchev–Trinajstić information content (AvgIpc) is 3.06. The Morgan fingerprint density at radius 3 is 2.67 bits per heavy atom. The largest absolute Gasteiger partial charge is 0.396 e. The molecule has 1 aromatic carbocycles. The highest BCUT2D eigenvalue weighted by Crippen LogP contribution is 2.33. The summed E-state index contributed by atoms with van der Waals surface area (Å²) in [6.45, 7) is 2.77. The molecular weight excluding hydrogens is 288 g/mol. The van der Waals surface area contributed by atoms with E-state index in [2.05, 4.69) is 27.2 Å². The summed E-state index contributed by atoms with van der Waals surface area (Å²) < 4.78 is 0. The minimum absolute atomic E-state index is 0.199. The maximum atomic E-state index is 9.66. The van der Waals surface area contributed by atoms with Crippen LogP contribution in [-0.4, -0.2) is 44.7 Å². The molecule has 21 heavy (non-hydrogen) atoms. The monoisotopic (exact) mass is 306 g/mol. The van der Waals surface area contributed by atoms with Gasteiger partial charge < -0.3 is 5.11 Å². The van der Waals surface area contributed by atoms with Crippen molar-refractivity contribution in [2.45, 2.75) is 12.5 Å². The zero-order valence-corrected chi connectivity index (χ0v) is 12.7. The van der Waals surface area contributed by atoms with E-state index in [4.69, 9.17) is 11.6 Å². The van der Waals surface area contributed by atoms with Crippen LogP contribution in [0.3, 0.4) is 0 Å². The smallest absolute Gasteiger partial charge is 0.0967 e. The van der Waals surface area contributed by atoms with E-state index in [1.807, 2.05) is 19.2 Å². The first kappa shape index (κ1) is 14.5. The van der Waals surface area contributed by atoms with Crippen molar-refractivity contribution in [3.05, 3.63) is 46.7 Å². The van der Waals surface area contributed by atoms with E-state index in [1.165, 1.54) is 5.56 Å². The third kappa shape index (κ3) is 3.26. The maximum Gasteiger partial charge on any atom is 0.0967 e. The molecule has 1 aliphatic heterocycles. The van der Waals surface area contributed by atoms with Gasteiger partial charge in [-0.15, -0.1) is 0 Å². The van der Waals surface area contributed by atoms with E-state index < -0.39 is 0 Å². The molecule has 2 atom stereocenters. The molecule has 0 bridgehead atoms. The van der Waals surface area contributed by atoms with E-state index in [-0.39, 0.29) is 12.5 Å². The molecule has 0 spiro atoms. The highest BCUT2D eigenvalue weighted by molar-refractivity contribution is 6.30. The quantitative estimate of drug-likeness (QED) is 0.934. The van der Waals surface area contributed by atoms with Gasteiger partial charge in [0.25, 0.3) is 0 Å². The second-order valence-corrected chi connectivity index (χ2v) is 6.06. The van der Waals surface area contributed by atoms with E-state index in [9.17, 15) is 5.11 Å². The Hall–Kier alpha value is -1.43. The van der Waals surface area contributed by atoms with Gasteiger partial charge in [0.05, 0.1) is 11.9 Å². The summed E-state index contributed by atoms with van der Waals surface area (Å²) in [5.74, 6) is 0.590. The van der Waals surface area contributed by atoms with Gasteiger partial charge in [0.15, 0.2) is 0 Å². The highest BCUT2D eigenvalue weighted by Gasteiger charge is 2.33. The first-order chi connectivity index (χ1) is 10.2. The summed E-state index contributed by atoms with van der Waals surface area (Å²) in [6.07, 6.45) is 1.80.